The number of rotatable bonds is 6. The molecule has 0 saturated carbocycles. The molecule has 1 aromatic heterocycles. The van der Waals surface area contributed by atoms with Crippen LogP contribution in [0, 0.1) is 0 Å². The normalized spacial score (nSPS) is 14.2. The van der Waals surface area contributed by atoms with E-state index < -0.39 is 29.7 Å². The smallest absolute Gasteiger partial charge is 0.309 e. The van der Waals surface area contributed by atoms with Gasteiger partial charge in [0.15, 0.2) is 5.01 Å². The van der Waals surface area contributed by atoms with Crippen molar-refractivity contribution >= 4 is 47.4 Å². The first-order chi connectivity index (χ1) is 12.7. The van der Waals surface area contributed by atoms with E-state index >= 15 is 0 Å². The van der Waals surface area contributed by atoms with E-state index in [2.05, 4.69) is 20.5 Å². The molecule has 0 radical (unpaired) electrons. The Hall–Kier alpha value is -2.24. The Labute approximate surface area is 173 Å². The highest BCUT2D eigenvalue weighted by Crippen LogP contribution is 2.24. The average Bonchev–Trinajstić information content (AvgIpc) is 3.06. The molecular weight excluding hydrogens is 408 g/mol. The van der Waals surface area contributed by atoms with Gasteiger partial charge in [0.05, 0.1) is 5.69 Å². The molecule has 1 aliphatic heterocycles. The van der Waals surface area contributed by atoms with Crippen LogP contribution in [0.15, 0.2) is 0 Å². The van der Waals surface area contributed by atoms with Gasteiger partial charge < -0.3 is 26.2 Å². The van der Waals surface area contributed by atoms with Gasteiger partial charge in [-0.1, -0.05) is 0 Å². The zero-order valence-corrected chi connectivity index (χ0v) is 17.6. The van der Waals surface area contributed by atoms with Gasteiger partial charge >= 0.3 is 11.8 Å². The van der Waals surface area contributed by atoms with Crippen molar-refractivity contribution in [1.29, 1.82) is 0 Å². The van der Waals surface area contributed by atoms with Crippen LogP contribution >= 0.6 is 23.7 Å². The number of nitrogens with zero attached hydrogens (tertiary/aromatic N) is 3. The fourth-order valence-corrected chi connectivity index (χ4v) is 3.64. The SMILES string of the molecule is CCN(C)C(=O)C(CNC(=O)C(N)=O)NC(=O)c1nc2c(s1)CN(C)CC2.Cl. The van der Waals surface area contributed by atoms with Crippen molar-refractivity contribution in [1.82, 2.24) is 25.4 Å². The first-order valence-corrected chi connectivity index (χ1v) is 9.35. The third-order valence-electron chi connectivity index (χ3n) is 4.26. The van der Waals surface area contributed by atoms with Gasteiger partial charge in [0.25, 0.3) is 5.91 Å². The van der Waals surface area contributed by atoms with E-state index in [1.54, 1.807) is 14.0 Å². The molecule has 28 heavy (non-hydrogen) atoms. The number of fused-ring (bicyclic) bond motifs is 1. The van der Waals surface area contributed by atoms with Gasteiger partial charge in [-0.15, -0.1) is 23.7 Å². The highest BCUT2D eigenvalue weighted by Gasteiger charge is 2.28. The van der Waals surface area contributed by atoms with E-state index in [-0.39, 0.29) is 24.0 Å². The predicted molar refractivity (Wildman–Crippen MR) is 106 cm³/mol. The Morgan fingerprint density at radius 1 is 1.36 bits per heavy atom. The molecule has 0 saturated heterocycles. The van der Waals surface area contributed by atoms with Crippen LogP contribution in [0.3, 0.4) is 0 Å². The lowest BCUT2D eigenvalue weighted by Gasteiger charge is -2.23. The molecule has 12 heteroatoms. The minimum atomic E-state index is -1.16. The molecule has 4 N–H and O–H groups in total. The van der Waals surface area contributed by atoms with Crippen molar-refractivity contribution in [3.8, 4) is 0 Å². The van der Waals surface area contributed by atoms with Crippen molar-refractivity contribution in [2.24, 2.45) is 5.73 Å². The van der Waals surface area contributed by atoms with E-state index in [1.807, 2.05) is 7.05 Å². The lowest BCUT2D eigenvalue weighted by Crippen LogP contribution is -2.54. The molecule has 10 nitrogen and oxygen atoms in total. The summed E-state index contributed by atoms with van der Waals surface area (Å²) in [5, 5.41) is 5.13. The number of primary amides is 1. The van der Waals surface area contributed by atoms with E-state index in [0.29, 0.717) is 6.54 Å². The van der Waals surface area contributed by atoms with Crippen LogP contribution in [0.25, 0.3) is 0 Å². The number of carbonyl (C=O) groups excluding carboxylic acids is 4. The maximum Gasteiger partial charge on any atom is 0.309 e. The molecular formula is C16H25ClN6O4S. The number of nitrogens with one attached hydrogen (secondary N) is 2. The van der Waals surface area contributed by atoms with Crippen LogP contribution in [0.4, 0.5) is 0 Å². The summed E-state index contributed by atoms with van der Waals surface area (Å²) < 4.78 is 0. The zero-order valence-electron chi connectivity index (χ0n) is 16.0. The standard InChI is InChI=1S/C16H24N6O4S.ClH/c1-4-22(3)16(26)10(7-18-13(24)12(17)23)19-14(25)15-20-9-5-6-21(2)8-11(9)27-15;/h10H,4-8H2,1-3H3,(H2,17,23)(H,18,24)(H,19,25);1H. The number of hydrogen-bond acceptors (Lipinski definition) is 7. The van der Waals surface area contributed by atoms with Gasteiger partial charge in [0.1, 0.15) is 6.04 Å². The lowest BCUT2D eigenvalue weighted by atomic mass is 10.2. The topological polar surface area (TPSA) is 138 Å². The number of amides is 4. The van der Waals surface area contributed by atoms with Gasteiger partial charge in [0.2, 0.25) is 5.91 Å². The maximum atomic E-state index is 12.6. The summed E-state index contributed by atoms with van der Waals surface area (Å²) >= 11 is 1.29. The van der Waals surface area contributed by atoms with Gasteiger partial charge in [-0.25, -0.2) is 4.98 Å². The molecule has 0 fully saturated rings. The van der Waals surface area contributed by atoms with Crippen molar-refractivity contribution in [3.63, 3.8) is 0 Å². The molecule has 0 bridgehead atoms. The number of thiazole rings is 1. The Morgan fingerprint density at radius 2 is 2.04 bits per heavy atom. The highest BCUT2D eigenvalue weighted by atomic mass is 35.5. The molecule has 0 aliphatic carbocycles. The second-order valence-corrected chi connectivity index (χ2v) is 7.41. The van der Waals surface area contributed by atoms with E-state index in [0.717, 1.165) is 30.1 Å². The van der Waals surface area contributed by atoms with Gasteiger partial charge in [-0.05, 0) is 14.0 Å². The van der Waals surface area contributed by atoms with E-state index in [4.69, 9.17) is 5.73 Å². The fraction of sp³-hybridized carbons (Fsp3) is 0.562. The largest absolute Gasteiger partial charge is 0.361 e. The minimum Gasteiger partial charge on any atom is -0.361 e. The van der Waals surface area contributed by atoms with Crippen LogP contribution in [0.2, 0.25) is 0 Å². The average molecular weight is 433 g/mol. The van der Waals surface area contributed by atoms with Gasteiger partial charge in [-0.2, -0.15) is 0 Å². The fourth-order valence-electron chi connectivity index (χ4n) is 2.54. The zero-order chi connectivity index (χ0) is 20.1. The monoisotopic (exact) mass is 432 g/mol. The van der Waals surface area contributed by atoms with E-state index in [1.165, 1.54) is 16.2 Å². The number of likely N-dealkylation sites (N-methyl/N-ethyl adjacent to an activating group) is 2. The molecule has 1 aliphatic rings. The summed E-state index contributed by atoms with van der Waals surface area (Å²) in [6, 6.07) is -1.03. The van der Waals surface area contributed by atoms with Crippen LogP contribution in [-0.2, 0) is 27.3 Å². The number of halogens is 1. The minimum absolute atomic E-state index is 0. The Balaban J connectivity index is 0.00000392. The van der Waals surface area contributed by atoms with Crippen molar-refractivity contribution in [2.45, 2.75) is 25.9 Å². The number of carbonyl (C=O) groups is 4. The lowest BCUT2D eigenvalue weighted by molar-refractivity contribution is -0.138. The quantitative estimate of drug-likeness (QED) is 0.479. The molecule has 2 rings (SSSR count). The Bertz CT molecular complexity index is 755. The van der Waals surface area contributed by atoms with Crippen molar-refractivity contribution in [3.05, 3.63) is 15.6 Å². The molecule has 1 aromatic rings. The summed E-state index contributed by atoms with van der Waals surface area (Å²) in [6.45, 7) is 3.57. The first kappa shape index (κ1) is 23.8. The van der Waals surface area contributed by atoms with Crippen molar-refractivity contribution in [2.75, 3.05) is 33.7 Å². The molecule has 0 spiro atoms. The summed E-state index contributed by atoms with van der Waals surface area (Å²) in [7, 11) is 3.58. The van der Waals surface area contributed by atoms with Gasteiger partial charge in [-0.3, -0.25) is 19.2 Å². The van der Waals surface area contributed by atoms with Crippen LogP contribution < -0.4 is 16.4 Å². The number of nitrogens with two attached hydrogens (primary N) is 1. The summed E-state index contributed by atoms with van der Waals surface area (Å²) in [4.78, 5) is 56.3. The second kappa shape index (κ2) is 10.3. The maximum absolute atomic E-state index is 12.6. The highest BCUT2D eigenvalue weighted by molar-refractivity contribution is 7.13. The van der Waals surface area contributed by atoms with E-state index in [9.17, 15) is 19.2 Å². The predicted octanol–water partition coefficient (Wildman–Crippen LogP) is -1.27. The molecule has 156 valence electrons. The third-order valence-corrected chi connectivity index (χ3v) is 5.34. The number of hydrogen-bond donors (Lipinski definition) is 3. The second-order valence-electron chi connectivity index (χ2n) is 6.33. The Kier molecular flexibility index (Phi) is 8.79. The summed E-state index contributed by atoms with van der Waals surface area (Å²) in [5.74, 6) is -3.06. The third kappa shape index (κ3) is 5.88. The molecule has 4 amide bonds. The molecule has 2 heterocycles. The molecule has 0 aromatic carbocycles. The number of aromatic nitrogens is 1. The Morgan fingerprint density at radius 3 is 2.64 bits per heavy atom. The van der Waals surface area contributed by atoms with Crippen LogP contribution in [-0.4, -0.2) is 78.2 Å². The van der Waals surface area contributed by atoms with Crippen LogP contribution in [0.5, 0.6) is 0 Å². The summed E-state index contributed by atoms with van der Waals surface area (Å²) in [6.07, 6.45) is 0.769. The molecule has 1 unspecified atom stereocenters. The van der Waals surface area contributed by atoms with Gasteiger partial charge in [0, 0.05) is 44.5 Å². The summed E-state index contributed by atoms with van der Waals surface area (Å²) in [5.41, 5.74) is 5.80. The van der Waals surface area contributed by atoms with Crippen LogP contribution in [0.1, 0.15) is 27.3 Å². The first-order valence-electron chi connectivity index (χ1n) is 8.53. The molecule has 1 atom stereocenters. The van der Waals surface area contributed by atoms with Crippen molar-refractivity contribution < 1.29 is 19.2 Å².